The van der Waals surface area contributed by atoms with Crippen molar-refractivity contribution < 1.29 is 23.4 Å². The molecule has 7 heteroatoms. The van der Waals surface area contributed by atoms with Gasteiger partial charge in [0.1, 0.15) is 12.0 Å². The lowest BCUT2D eigenvalue weighted by atomic mass is 10.2. The average Bonchev–Trinajstić information content (AvgIpc) is 3.21. The van der Waals surface area contributed by atoms with Crippen molar-refractivity contribution in [1.82, 2.24) is 10.3 Å². The Morgan fingerprint density at radius 1 is 1.07 bits per heavy atom. The van der Waals surface area contributed by atoms with Gasteiger partial charge in [-0.05, 0) is 37.3 Å². The van der Waals surface area contributed by atoms with E-state index in [4.69, 9.17) is 18.6 Å². The Morgan fingerprint density at radius 3 is 2.61 bits per heavy atom. The SMILES string of the molecule is CCOc1ccccc1C(=O)NCc1coc(-c2ccc(OC)c(OC)c2)n1. The molecule has 1 amide bonds. The summed E-state index contributed by atoms with van der Waals surface area (Å²) in [7, 11) is 3.14. The normalized spacial score (nSPS) is 10.4. The van der Waals surface area contributed by atoms with Crippen molar-refractivity contribution in [1.29, 1.82) is 0 Å². The van der Waals surface area contributed by atoms with Crippen LogP contribution in [0.15, 0.2) is 53.1 Å². The maximum atomic E-state index is 12.5. The van der Waals surface area contributed by atoms with Crippen LogP contribution >= 0.6 is 0 Å². The van der Waals surface area contributed by atoms with Gasteiger partial charge < -0.3 is 23.9 Å². The lowest BCUT2D eigenvalue weighted by Crippen LogP contribution is -2.23. The molecular weight excluding hydrogens is 360 g/mol. The molecule has 0 aliphatic rings. The van der Waals surface area contributed by atoms with Gasteiger partial charge in [0.05, 0.1) is 38.6 Å². The van der Waals surface area contributed by atoms with E-state index in [0.717, 1.165) is 5.56 Å². The molecule has 0 spiro atoms. The van der Waals surface area contributed by atoms with Gasteiger partial charge in [-0.2, -0.15) is 0 Å². The van der Waals surface area contributed by atoms with E-state index in [1.807, 2.05) is 19.1 Å². The number of oxazole rings is 1. The Kier molecular flexibility index (Phi) is 6.16. The van der Waals surface area contributed by atoms with Crippen molar-refractivity contribution in [2.24, 2.45) is 0 Å². The molecule has 1 heterocycles. The molecule has 0 atom stereocenters. The van der Waals surface area contributed by atoms with Crippen LogP contribution in [0.1, 0.15) is 23.0 Å². The quantitative estimate of drug-likeness (QED) is 0.640. The van der Waals surface area contributed by atoms with Crippen molar-refractivity contribution >= 4 is 5.91 Å². The highest BCUT2D eigenvalue weighted by atomic mass is 16.5. The van der Waals surface area contributed by atoms with Gasteiger partial charge in [0.15, 0.2) is 11.5 Å². The number of hydrogen-bond acceptors (Lipinski definition) is 6. The molecule has 0 aliphatic heterocycles. The van der Waals surface area contributed by atoms with E-state index in [-0.39, 0.29) is 12.5 Å². The standard InChI is InChI=1S/C21H22N2O5/c1-4-27-17-8-6-5-7-16(17)20(24)22-12-15-13-28-21(23-15)14-9-10-18(25-2)19(11-14)26-3/h5-11,13H,4,12H2,1-3H3,(H,22,24). The fourth-order valence-electron chi connectivity index (χ4n) is 2.69. The third-order valence-corrected chi connectivity index (χ3v) is 4.04. The number of ether oxygens (including phenoxy) is 3. The average molecular weight is 382 g/mol. The molecule has 0 radical (unpaired) electrons. The molecule has 146 valence electrons. The summed E-state index contributed by atoms with van der Waals surface area (Å²) < 4.78 is 21.6. The second kappa shape index (κ2) is 8.94. The van der Waals surface area contributed by atoms with Crippen LogP contribution in [0, 0.1) is 0 Å². The summed E-state index contributed by atoms with van der Waals surface area (Å²) in [6.07, 6.45) is 1.51. The molecule has 28 heavy (non-hydrogen) atoms. The predicted molar refractivity (Wildman–Crippen MR) is 104 cm³/mol. The lowest BCUT2D eigenvalue weighted by molar-refractivity contribution is 0.0946. The van der Waals surface area contributed by atoms with Crippen LogP contribution in [-0.2, 0) is 6.54 Å². The minimum absolute atomic E-state index is 0.232. The first-order valence-electron chi connectivity index (χ1n) is 8.83. The zero-order valence-electron chi connectivity index (χ0n) is 16.0. The molecule has 0 saturated heterocycles. The van der Waals surface area contributed by atoms with Gasteiger partial charge in [0.25, 0.3) is 5.91 Å². The maximum absolute atomic E-state index is 12.5. The topological polar surface area (TPSA) is 82.8 Å². The first-order valence-corrected chi connectivity index (χ1v) is 8.83. The van der Waals surface area contributed by atoms with E-state index in [1.165, 1.54) is 6.26 Å². The Bertz CT molecular complexity index is 951. The molecule has 0 aliphatic carbocycles. The van der Waals surface area contributed by atoms with Crippen molar-refractivity contribution in [2.75, 3.05) is 20.8 Å². The van der Waals surface area contributed by atoms with Crippen LogP contribution in [0.4, 0.5) is 0 Å². The Balaban J connectivity index is 1.69. The number of rotatable bonds is 8. The highest BCUT2D eigenvalue weighted by Crippen LogP contribution is 2.31. The van der Waals surface area contributed by atoms with E-state index in [1.54, 1.807) is 44.6 Å². The number of hydrogen-bond donors (Lipinski definition) is 1. The first kappa shape index (κ1) is 19.3. The van der Waals surface area contributed by atoms with E-state index < -0.39 is 0 Å². The number of nitrogens with zero attached hydrogens (tertiary/aromatic N) is 1. The summed E-state index contributed by atoms with van der Waals surface area (Å²) in [6, 6.07) is 12.5. The first-order chi connectivity index (χ1) is 13.7. The van der Waals surface area contributed by atoms with Gasteiger partial charge in [-0.3, -0.25) is 4.79 Å². The van der Waals surface area contributed by atoms with Crippen molar-refractivity contribution in [3.63, 3.8) is 0 Å². The zero-order chi connectivity index (χ0) is 19.9. The van der Waals surface area contributed by atoms with Crippen LogP contribution in [-0.4, -0.2) is 31.7 Å². The summed E-state index contributed by atoms with van der Waals surface area (Å²) >= 11 is 0. The van der Waals surface area contributed by atoms with Crippen molar-refractivity contribution in [2.45, 2.75) is 13.5 Å². The van der Waals surface area contributed by atoms with Gasteiger partial charge in [0.2, 0.25) is 5.89 Å². The summed E-state index contributed by atoms with van der Waals surface area (Å²) in [5, 5.41) is 2.83. The third-order valence-electron chi connectivity index (χ3n) is 4.04. The lowest BCUT2D eigenvalue weighted by Gasteiger charge is -2.09. The van der Waals surface area contributed by atoms with Crippen molar-refractivity contribution in [3.05, 3.63) is 60.0 Å². The molecule has 0 unspecified atom stereocenters. The van der Waals surface area contributed by atoms with Gasteiger partial charge in [0, 0.05) is 5.56 Å². The largest absolute Gasteiger partial charge is 0.493 e. The number of amides is 1. The van der Waals surface area contributed by atoms with E-state index >= 15 is 0 Å². The van der Waals surface area contributed by atoms with Crippen LogP contribution < -0.4 is 19.5 Å². The van der Waals surface area contributed by atoms with Gasteiger partial charge in [-0.1, -0.05) is 12.1 Å². The van der Waals surface area contributed by atoms with Crippen LogP contribution in [0.3, 0.4) is 0 Å². The third kappa shape index (κ3) is 4.25. The minimum atomic E-state index is -0.236. The molecule has 2 aromatic carbocycles. The number of para-hydroxylation sites is 1. The molecule has 1 aromatic heterocycles. The number of aromatic nitrogens is 1. The Morgan fingerprint density at radius 2 is 1.86 bits per heavy atom. The fraction of sp³-hybridized carbons (Fsp3) is 0.238. The number of carbonyl (C=O) groups is 1. The number of carbonyl (C=O) groups excluding carboxylic acids is 1. The predicted octanol–water partition coefficient (Wildman–Crippen LogP) is 3.69. The number of methoxy groups -OCH3 is 2. The smallest absolute Gasteiger partial charge is 0.255 e. The number of nitrogens with one attached hydrogen (secondary N) is 1. The van der Waals surface area contributed by atoms with E-state index in [2.05, 4.69) is 10.3 Å². The molecular formula is C21H22N2O5. The monoisotopic (exact) mass is 382 g/mol. The zero-order valence-corrected chi connectivity index (χ0v) is 16.0. The fourth-order valence-corrected chi connectivity index (χ4v) is 2.69. The second-order valence-electron chi connectivity index (χ2n) is 5.83. The minimum Gasteiger partial charge on any atom is -0.493 e. The highest BCUT2D eigenvalue weighted by Gasteiger charge is 2.14. The summed E-state index contributed by atoms with van der Waals surface area (Å²) in [5.41, 5.74) is 1.83. The second-order valence-corrected chi connectivity index (χ2v) is 5.83. The molecule has 0 bridgehead atoms. The Labute approximate surface area is 163 Å². The number of benzene rings is 2. The Hall–Kier alpha value is -3.48. The van der Waals surface area contributed by atoms with Gasteiger partial charge in [-0.15, -0.1) is 0 Å². The van der Waals surface area contributed by atoms with Crippen LogP contribution in [0.2, 0.25) is 0 Å². The summed E-state index contributed by atoms with van der Waals surface area (Å²) in [4.78, 5) is 16.9. The van der Waals surface area contributed by atoms with Crippen LogP contribution in [0.5, 0.6) is 17.2 Å². The molecule has 7 nitrogen and oxygen atoms in total. The molecule has 1 N–H and O–H groups in total. The maximum Gasteiger partial charge on any atom is 0.255 e. The molecule has 3 aromatic rings. The van der Waals surface area contributed by atoms with Crippen LogP contribution in [0.25, 0.3) is 11.5 Å². The van der Waals surface area contributed by atoms with Crippen molar-refractivity contribution in [3.8, 4) is 28.7 Å². The van der Waals surface area contributed by atoms with Gasteiger partial charge >= 0.3 is 0 Å². The molecule has 0 fully saturated rings. The molecule has 0 saturated carbocycles. The summed E-state index contributed by atoms with van der Waals surface area (Å²) in [6.45, 7) is 2.60. The summed E-state index contributed by atoms with van der Waals surface area (Å²) in [5.74, 6) is 1.95. The van der Waals surface area contributed by atoms with E-state index in [9.17, 15) is 4.79 Å². The highest BCUT2D eigenvalue weighted by molar-refractivity contribution is 5.96. The van der Waals surface area contributed by atoms with Gasteiger partial charge in [-0.25, -0.2) is 4.98 Å². The molecule has 3 rings (SSSR count). The van der Waals surface area contributed by atoms with E-state index in [0.29, 0.717) is 41.0 Å².